The molecule has 0 atom stereocenters. The van der Waals surface area contributed by atoms with Crippen molar-refractivity contribution in [2.45, 2.75) is 13.0 Å². The first-order valence-corrected chi connectivity index (χ1v) is 5.28. The molecule has 0 saturated carbocycles. The van der Waals surface area contributed by atoms with E-state index in [-0.39, 0.29) is 12.1 Å². The van der Waals surface area contributed by atoms with Crippen LogP contribution in [-0.2, 0) is 13.0 Å². The topological polar surface area (TPSA) is 77.8 Å². The average molecular weight is 227 g/mol. The molecule has 2 N–H and O–H groups in total. The van der Waals surface area contributed by atoms with Crippen molar-refractivity contribution in [2.75, 3.05) is 6.54 Å². The third-order valence-electron chi connectivity index (χ3n) is 2.44. The van der Waals surface area contributed by atoms with Crippen molar-refractivity contribution >= 4 is 23.4 Å². The number of amides is 1. The van der Waals surface area contributed by atoms with Crippen LogP contribution >= 0.6 is 11.3 Å². The molecule has 1 amide bonds. The molecule has 0 saturated heterocycles. The maximum Gasteiger partial charge on any atom is 0.407 e. The van der Waals surface area contributed by atoms with Crippen LogP contribution in [0.25, 0.3) is 0 Å². The lowest BCUT2D eigenvalue weighted by Gasteiger charge is -2.24. The maximum atomic E-state index is 10.9. The molecule has 0 fully saturated rings. The highest BCUT2D eigenvalue weighted by atomic mass is 32.1. The standard InChI is InChI=1S/C9H9NO4S/c11-8(12)6-4-15-7-1-2-10(9(13)14)3-5(6)7/h4H,1-3H2,(H,11,12)(H,13,14). The molecule has 0 spiro atoms. The van der Waals surface area contributed by atoms with E-state index in [1.54, 1.807) is 5.38 Å². The number of nitrogens with zero attached hydrogens (tertiary/aromatic N) is 1. The highest BCUT2D eigenvalue weighted by Gasteiger charge is 2.25. The quantitative estimate of drug-likeness (QED) is 0.761. The first-order valence-electron chi connectivity index (χ1n) is 4.40. The number of aromatic carboxylic acids is 1. The second kappa shape index (κ2) is 3.54. The van der Waals surface area contributed by atoms with Crippen LogP contribution in [0.4, 0.5) is 4.79 Å². The van der Waals surface area contributed by atoms with E-state index in [4.69, 9.17) is 10.2 Å². The van der Waals surface area contributed by atoms with E-state index >= 15 is 0 Å². The molecule has 80 valence electrons. The summed E-state index contributed by atoms with van der Waals surface area (Å²) in [5.74, 6) is -0.986. The fraction of sp³-hybridized carbons (Fsp3) is 0.333. The molecule has 2 rings (SSSR count). The van der Waals surface area contributed by atoms with E-state index in [9.17, 15) is 9.59 Å². The van der Waals surface area contributed by atoms with Gasteiger partial charge >= 0.3 is 12.1 Å². The van der Waals surface area contributed by atoms with Crippen molar-refractivity contribution in [1.82, 2.24) is 4.90 Å². The Labute approximate surface area is 89.6 Å². The molecule has 0 unspecified atom stereocenters. The molecule has 1 aliphatic rings. The summed E-state index contributed by atoms with van der Waals surface area (Å²) in [6, 6.07) is 0. The van der Waals surface area contributed by atoms with Crippen LogP contribution in [-0.4, -0.2) is 33.7 Å². The van der Waals surface area contributed by atoms with E-state index < -0.39 is 12.1 Å². The lowest BCUT2D eigenvalue weighted by Crippen LogP contribution is -2.34. The Morgan fingerprint density at radius 3 is 2.73 bits per heavy atom. The Morgan fingerprint density at radius 2 is 2.13 bits per heavy atom. The van der Waals surface area contributed by atoms with E-state index in [0.717, 1.165) is 4.88 Å². The molecule has 5 nitrogen and oxygen atoms in total. The summed E-state index contributed by atoms with van der Waals surface area (Å²) in [4.78, 5) is 23.8. The fourth-order valence-corrected chi connectivity index (χ4v) is 2.68. The van der Waals surface area contributed by atoms with Gasteiger partial charge in [-0.05, 0) is 6.42 Å². The van der Waals surface area contributed by atoms with Gasteiger partial charge in [-0.2, -0.15) is 0 Å². The van der Waals surface area contributed by atoms with Gasteiger partial charge < -0.3 is 15.1 Å². The Kier molecular flexibility index (Phi) is 2.36. The molecular formula is C9H9NO4S. The summed E-state index contributed by atoms with van der Waals surface area (Å²) in [5.41, 5.74) is 0.891. The third-order valence-corrected chi connectivity index (χ3v) is 3.53. The molecule has 6 heteroatoms. The van der Waals surface area contributed by atoms with Crippen LogP contribution in [0.2, 0.25) is 0 Å². The number of hydrogen-bond donors (Lipinski definition) is 2. The van der Waals surface area contributed by atoms with Gasteiger partial charge in [0, 0.05) is 22.4 Å². The lowest BCUT2D eigenvalue weighted by atomic mass is 10.1. The van der Waals surface area contributed by atoms with Crippen LogP contribution in [0.3, 0.4) is 0 Å². The predicted octanol–water partition coefficient (Wildman–Crippen LogP) is 1.48. The molecule has 0 bridgehead atoms. The first-order chi connectivity index (χ1) is 7.09. The summed E-state index contributed by atoms with van der Waals surface area (Å²) in [5, 5.41) is 19.3. The molecule has 1 aromatic heterocycles. The molecule has 0 radical (unpaired) electrons. The smallest absolute Gasteiger partial charge is 0.407 e. The van der Waals surface area contributed by atoms with Crippen molar-refractivity contribution < 1.29 is 19.8 Å². The number of carboxylic acid groups (broad SMARTS) is 2. The van der Waals surface area contributed by atoms with Gasteiger partial charge in [-0.1, -0.05) is 0 Å². The van der Waals surface area contributed by atoms with Crippen molar-refractivity contribution in [2.24, 2.45) is 0 Å². The molecule has 2 heterocycles. The van der Waals surface area contributed by atoms with Gasteiger partial charge in [0.1, 0.15) is 0 Å². The second-order valence-corrected chi connectivity index (χ2v) is 4.27. The third kappa shape index (κ3) is 1.68. The predicted molar refractivity (Wildman–Crippen MR) is 53.4 cm³/mol. The highest BCUT2D eigenvalue weighted by Crippen LogP contribution is 2.28. The second-order valence-electron chi connectivity index (χ2n) is 3.31. The van der Waals surface area contributed by atoms with Crippen molar-refractivity contribution in [1.29, 1.82) is 0 Å². The zero-order valence-corrected chi connectivity index (χ0v) is 8.58. The Bertz CT molecular complexity index is 426. The molecule has 0 aliphatic carbocycles. The Hall–Kier alpha value is -1.56. The van der Waals surface area contributed by atoms with Crippen LogP contribution in [0.1, 0.15) is 20.8 Å². The minimum Gasteiger partial charge on any atom is -0.478 e. The van der Waals surface area contributed by atoms with Crippen LogP contribution in [0.5, 0.6) is 0 Å². The zero-order valence-electron chi connectivity index (χ0n) is 7.77. The van der Waals surface area contributed by atoms with Crippen LogP contribution < -0.4 is 0 Å². The van der Waals surface area contributed by atoms with Crippen molar-refractivity contribution in [3.05, 3.63) is 21.4 Å². The summed E-state index contributed by atoms with van der Waals surface area (Å²) in [6.07, 6.45) is -0.386. The largest absolute Gasteiger partial charge is 0.478 e. The highest BCUT2D eigenvalue weighted by molar-refractivity contribution is 7.10. The summed E-state index contributed by atoms with van der Waals surface area (Å²) >= 11 is 1.39. The SMILES string of the molecule is O=C(O)c1csc2c1CN(C(=O)O)CC2. The van der Waals surface area contributed by atoms with E-state index in [2.05, 4.69) is 0 Å². The van der Waals surface area contributed by atoms with Crippen molar-refractivity contribution in [3.8, 4) is 0 Å². The Morgan fingerprint density at radius 1 is 1.40 bits per heavy atom. The average Bonchev–Trinajstić information content (AvgIpc) is 2.59. The zero-order chi connectivity index (χ0) is 11.0. The summed E-state index contributed by atoms with van der Waals surface area (Å²) in [7, 11) is 0. The maximum absolute atomic E-state index is 10.9. The lowest BCUT2D eigenvalue weighted by molar-refractivity contribution is 0.0693. The van der Waals surface area contributed by atoms with Crippen molar-refractivity contribution in [3.63, 3.8) is 0 Å². The normalized spacial score (nSPS) is 14.8. The van der Waals surface area contributed by atoms with E-state index in [0.29, 0.717) is 18.5 Å². The summed E-state index contributed by atoms with van der Waals surface area (Å²) in [6.45, 7) is 0.637. The van der Waals surface area contributed by atoms with Gasteiger partial charge in [0.2, 0.25) is 0 Å². The van der Waals surface area contributed by atoms with Gasteiger partial charge in [-0.15, -0.1) is 11.3 Å². The van der Waals surface area contributed by atoms with Gasteiger partial charge in [-0.3, -0.25) is 0 Å². The molecule has 15 heavy (non-hydrogen) atoms. The number of fused-ring (bicyclic) bond motifs is 1. The number of rotatable bonds is 1. The first kappa shape index (κ1) is 9.97. The number of carboxylic acids is 1. The van der Waals surface area contributed by atoms with Gasteiger partial charge in [0.25, 0.3) is 0 Å². The van der Waals surface area contributed by atoms with Gasteiger partial charge in [-0.25, -0.2) is 9.59 Å². The summed E-state index contributed by atoms with van der Waals surface area (Å²) < 4.78 is 0. The van der Waals surface area contributed by atoms with Crippen LogP contribution in [0, 0.1) is 0 Å². The monoisotopic (exact) mass is 227 g/mol. The number of carbonyl (C=O) groups is 2. The molecule has 1 aromatic rings. The van der Waals surface area contributed by atoms with E-state index in [1.165, 1.54) is 16.2 Å². The minimum absolute atomic E-state index is 0.190. The van der Waals surface area contributed by atoms with E-state index in [1.807, 2.05) is 0 Å². The minimum atomic E-state index is -0.997. The van der Waals surface area contributed by atoms with Gasteiger partial charge in [0.15, 0.2) is 0 Å². The van der Waals surface area contributed by atoms with Crippen LogP contribution in [0.15, 0.2) is 5.38 Å². The number of hydrogen-bond acceptors (Lipinski definition) is 3. The molecule has 1 aliphatic heterocycles. The van der Waals surface area contributed by atoms with Gasteiger partial charge in [0.05, 0.1) is 12.1 Å². The Balaban J connectivity index is 2.34. The molecular weight excluding hydrogens is 218 g/mol. The number of thiophene rings is 1. The molecule has 0 aromatic carbocycles. The fourth-order valence-electron chi connectivity index (χ4n) is 1.65.